The van der Waals surface area contributed by atoms with E-state index >= 15 is 0 Å². The fourth-order valence-corrected chi connectivity index (χ4v) is 4.77. The number of carboxylic acid groups (broad SMARTS) is 3. The lowest BCUT2D eigenvalue weighted by Crippen LogP contribution is -2.29. The largest absolute Gasteiger partial charge is 0.478 e. The van der Waals surface area contributed by atoms with Crippen LogP contribution in [0, 0.1) is 17.3 Å². The van der Waals surface area contributed by atoms with Crippen molar-refractivity contribution in [3.63, 3.8) is 0 Å². The van der Waals surface area contributed by atoms with Crippen LogP contribution in [0.2, 0.25) is 0 Å². The average molecular weight is 507 g/mol. The molecule has 0 aromatic carbocycles. The first-order valence-electron chi connectivity index (χ1n) is 13.8. The maximum absolute atomic E-state index is 12.4. The summed E-state index contributed by atoms with van der Waals surface area (Å²) in [5, 5.41) is 30.2. The van der Waals surface area contributed by atoms with Crippen molar-refractivity contribution < 1.29 is 29.7 Å². The Hall–Kier alpha value is -2.37. The molecular weight excluding hydrogens is 456 g/mol. The normalized spacial score (nSPS) is 15.7. The van der Waals surface area contributed by atoms with Gasteiger partial charge in [0.05, 0.1) is 0 Å². The highest BCUT2D eigenvalue weighted by Gasteiger charge is 2.37. The standard InChI is InChI=1S/C30H50O6/c1-7-12-15-23(10-4)18-26(29(35)36)21-30(22(6)27(31)32,19-24(11-5)16-13-8-2)20-25(28(33)34)17-14-9-3/h20-21,23-24H,6-19H2,1-5H3,(H,31,32)(H,33,34)(H,35,36). The Morgan fingerprint density at radius 3 is 1.61 bits per heavy atom. The van der Waals surface area contributed by atoms with Crippen LogP contribution in [0.25, 0.3) is 0 Å². The van der Waals surface area contributed by atoms with Gasteiger partial charge in [0.2, 0.25) is 0 Å². The van der Waals surface area contributed by atoms with Crippen LogP contribution in [-0.2, 0) is 14.4 Å². The summed E-state index contributed by atoms with van der Waals surface area (Å²) >= 11 is 0. The molecule has 0 saturated heterocycles. The van der Waals surface area contributed by atoms with Crippen LogP contribution in [0.5, 0.6) is 0 Å². The first-order valence-corrected chi connectivity index (χ1v) is 13.8. The summed E-state index contributed by atoms with van der Waals surface area (Å²) in [6, 6.07) is 0. The van der Waals surface area contributed by atoms with Crippen molar-refractivity contribution >= 4 is 17.9 Å². The minimum absolute atomic E-state index is 0.104. The summed E-state index contributed by atoms with van der Waals surface area (Å²) in [6.45, 7) is 14.1. The minimum Gasteiger partial charge on any atom is -0.478 e. The van der Waals surface area contributed by atoms with Crippen molar-refractivity contribution in [1.82, 2.24) is 0 Å². The highest BCUT2D eigenvalue weighted by molar-refractivity contribution is 5.92. The Bertz CT molecular complexity index is 778. The van der Waals surface area contributed by atoms with Crippen LogP contribution >= 0.6 is 0 Å². The van der Waals surface area contributed by atoms with Gasteiger partial charge in [0.25, 0.3) is 0 Å². The van der Waals surface area contributed by atoms with E-state index in [1.54, 1.807) is 0 Å². The van der Waals surface area contributed by atoms with E-state index < -0.39 is 23.3 Å². The van der Waals surface area contributed by atoms with Gasteiger partial charge in [0.1, 0.15) is 0 Å². The molecule has 3 unspecified atom stereocenters. The van der Waals surface area contributed by atoms with Gasteiger partial charge in [-0.2, -0.15) is 0 Å². The number of aliphatic carboxylic acids is 3. The number of unbranched alkanes of at least 4 members (excludes halogenated alkanes) is 3. The summed E-state index contributed by atoms with van der Waals surface area (Å²) in [5.41, 5.74) is -1.31. The van der Waals surface area contributed by atoms with Crippen molar-refractivity contribution in [3.8, 4) is 0 Å². The molecule has 0 aromatic rings. The molecule has 0 bridgehead atoms. The summed E-state index contributed by atoms with van der Waals surface area (Å²) in [7, 11) is 0. The molecule has 6 nitrogen and oxygen atoms in total. The summed E-state index contributed by atoms with van der Waals surface area (Å²) in [6.07, 6.45) is 12.7. The van der Waals surface area contributed by atoms with Gasteiger partial charge < -0.3 is 15.3 Å². The van der Waals surface area contributed by atoms with E-state index in [2.05, 4.69) is 20.4 Å². The van der Waals surface area contributed by atoms with Crippen LogP contribution in [0.1, 0.15) is 118 Å². The van der Waals surface area contributed by atoms with Gasteiger partial charge in [-0.15, -0.1) is 0 Å². The third kappa shape index (κ3) is 11.6. The summed E-state index contributed by atoms with van der Waals surface area (Å²) in [5.74, 6) is -3.17. The first kappa shape index (κ1) is 33.6. The van der Waals surface area contributed by atoms with Gasteiger partial charge in [0, 0.05) is 22.1 Å². The van der Waals surface area contributed by atoms with Gasteiger partial charge in [0.15, 0.2) is 0 Å². The van der Waals surface area contributed by atoms with Crippen LogP contribution < -0.4 is 0 Å². The number of hydrogen-bond acceptors (Lipinski definition) is 3. The molecule has 3 N–H and O–H groups in total. The molecule has 0 aliphatic rings. The van der Waals surface area contributed by atoms with E-state index in [4.69, 9.17) is 0 Å². The number of rotatable bonds is 21. The van der Waals surface area contributed by atoms with Gasteiger partial charge in [-0.05, 0) is 37.5 Å². The smallest absolute Gasteiger partial charge is 0.332 e. The lowest BCUT2D eigenvalue weighted by Gasteiger charge is -2.34. The molecule has 0 spiro atoms. The van der Waals surface area contributed by atoms with Crippen LogP contribution in [0.4, 0.5) is 0 Å². The number of carbonyl (C=O) groups is 3. The number of hydrogen-bond donors (Lipinski definition) is 3. The Balaban J connectivity index is 7.08. The maximum atomic E-state index is 12.4. The SMILES string of the molecule is C=C(C(=O)O)C(C=C(CCCC)C(=O)O)(C=C(CC(CC)CCCC)C(=O)O)CC(CC)CCCC. The molecule has 0 amide bonds. The molecule has 0 aliphatic heterocycles. The molecular formula is C30H50O6. The third-order valence-corrected chi connectivity index (χ3v) is 7.25. The summed E-state index contributed by atoms with van der Waals surface area (Å²) in [4.78, 5) is 36.9. The maximum Gasteiger partial charge on any atom is 0.332 e. The first-order chi connectivity index (χ1) is 17.0. The molecule has 0 heterocycles. The van der Waals surface area contributed by atoms with Crippen molar-refractivity contribution in [2.24, 2.45) is 17.3 Å². The van der Waals surface area contributed by atoms with E-state index in [0.29, 0.717) is 19.3 Å². The molecule has 0 fully saturated rings. The van der Waals surface area contributed by atoms with E-state index in [9.17, 15) is 29.7 Å². The molecule has 0 aliphatic carbocycles. The fourth-order valence-electron chi connectivity index (χ4n) is 4.77. The van der Waals surface area contributed by atoms with Crippen molar-refractivity contribution in [1.29, 1.82) is 0 Å². The zero-order valence-electron chi connectivity index (χ0n) is 23.3. The molecule has 0 radical (unpaired) electrons. The highest BCUT2D eigenvalue weighted by atomic mass is 16.4. The van der Waals surface area contributed by atoms with Crippen molar-refractivity contribution in [2.45, 2.75) is 118 Å². The molecule has 206 valence electrons. The zero-order chi connectivity index (χ0) is 27.7. The average Bonchev–Trinajstić information content (AvgIpc) is 2.84. The monoisotopic (exact) mass is 506 g/mol. The summed E-state index contributed by atoms with van der Waals surface area (Å²) < 4.78 is 0. The third-order valence-electron chi connectivity index (χ3n) is 7.25. The van der Waals surface area contributed by atoms with E-state index in [1.165, 1.54) is 12.2 Å². The second-order valence-corrected chi connectivity index (χ2v) is 10.1. The Morgan fingerprint density at radius 2 is 1.19 bits per heavy atom. The van der Waals surface area contributed by atoms with Gasteiger partial charge in [-0.3, -0.25) is 0 Å². The Labute approximate surface area is 218 Å². The van der Waals surface area contributed by atoms with Crippen LogP contribution in [0.3, 0.4) is 0 Å². The lowest BCUT2D eigenvalue weighted by molar-refractivity contribution is -0.135. The number of allylic oxidation sites excluding steroid dienone is 2. The van der Waals surface area contributed by atoms with Crippen molar-refractivity contribution in [3.05, 3.63) is 35.5 Å². The van der Waals surface area contributed by atoms with Crippen molar-refractivity contribution in [2.75, 3.05) is 0 Å². The zero-order valence-corrected chi connectivity index (χ0v) is 23.3. The molecule has 0 rings (SSSR count). The van der Waals surface area contributed by atoms with Gasteiger partial charge in [-0.25, -0.2) is 14.4 Å². The molecule has 36 heavy (non-hydrogen) atoms. The predicted molar refractivity (Wildman–Crippen MR) is 146 cm³/mol. The quantitative estimate of drug-likeness (QED) is 0.136. The van der Waals surface area contributed by atoms with Crippen LogP contribution in [-0.4, -0.2) is 33.2 Å². The van der Waals surface area contributed by atoms with Gasteiger partial charge >= 0.3 is 17.9 Å². The Morgan fingerprint density at radius 1 is 0.722 bits per heavy atom. The van der Waals surface area contributed by atoms with Gasteiger partial charge in [-0.1, -0.05) is 111 Å². The van der Waals surface area contributed by atoms with E-state index in [1.807, 2.05) is 20.8 Å². The van der Waals surface area contributed by atoms with E-state index in [0.717, 1.165) is 57.8 Å². The molecule has 0 aromatic heterocycles. The lowest BCUT2D eigenvalue weighted by atomic mass is 9.69. The molecule has 0 saturated carbocycles. The Kier molecular flexibility index (Phi) is 16.8. The van der Waals surface area contributed by atoms with Crippen LogP contribution in [0.15, 0.2) is 35.5 Å². The molecule has 3 atom stereocenters. The topological polar surface area (TPSA) is 112 Å². The predicted octanol–water partition coefficient (Wildman–Crippen LogP) is 8.04. The fraction of sp³-hybridized carbons (Fsp3) is 0.700. The minimum atomic E-state index is -1.39. The second kappa shape index (κ2) is 18.0. The molecule has 6 heteroatoms. The number of carboxylic acids is 3. The highest BCUT2D eigenvalue weighted by Crippen LogP contribution is 2.43. The van der Waals surface area contributed by atoms with E-state index in [-0.39, 0.29) is 35.0 Å². The second-order valence-electron chi connectivity index (χ2n) is 10.1.